The van der Waals surface area contributed by atoms with E-state index in [2.05, 4.69) is 17.2 Å². The van der Waals surface area contributed by atoms with Crippen LogP contribution in [0, 0.1) is 0 Å². The van der Waals surface area contributed by atoms with Crippen molar-refractivity contribution in [1.29, 1.82) is 0 Å². The normalized spacial score (nSPS) is 12.0. The van der Waals surface area contributed by atoms with E-state index in [9.17, 15) is 4.79 Å². The van der Waals surface area contributed by atoms with E-state index >= 15 is 0 Å². The Kier molecular flexibility index (Phi) is 5.58. The molecule has 0 spiro atoms. The third kappa shape index (κ3) is 4.00. The van der Waals surface area contributed by atoms with E-state index in [1.807, 2.05) is 25.1 Å². The van der Waals surface area contributed by atoms with Gasteiger partial charge in [0.1, 0.15) is 0 Å². The lowest BCUT2D eigenvalue weighted by molar-refractivity contribution is -0.117. The van der Waals surface area contributed by atoms with E-state index in [1.165, 1.54) is 0 Å². The number of anilines is 2. The van der Waals surface area contributed by atoms with Gasteiger partial charge in [-0.15, -0.1) is 0 Å². The summed E-state index contributed by atoms with van der Waals surface area (Å²) in [4.78, 5) is 17.9. The average Bonchev–Trinajstić information content (AvgIpc) is 2.36. The van der Waals surface area contributed by atoms with Crippen LogP contribution in [-0.2, 0) is 4.79 Å². The molecule has 0 fully saturated rings. The van der Waals surface area contributed by atoms with Gasteiger partial charge >= 0.3 is 0 Å². The van der Waals surface area contributed by atoms with Crippen LogP contribution in [0.3, 0.4) is 0 Å². The van der Waals surface area contributed by atoms with E-state index < -0.39 is 6.04 Å². The first-order valence-corrected chi connectivity index (χ1v) is 6.24. The zero-order chi connectivity index (χ0) is 13.5. The molecule has 1 atom stereocenters. The van der Waals surface area contributed by atoms with Gasteiger partial charge < -0.3 is 16.0 Å². The molecular formula is C13H22N4O. The number of unbranched alkanes of at least 4 members (excludes halogenated alkanes) is 1. The molecule has 0 saturated carbocycles. The highest BCUT2D eigenvalue weighted by Gasteiger charge is 2.15. The van der Waals surface area contributed by atoms with Gasteiger partial charge in [-0.1, -0.05) is 19.8 Å². The van der Waals surface area contributed by atoms with Crippen LogP contribution in [0.2, 0.25) is 0 Å². The molecule has 0 aliphatic heterocycles. The smallest absolute Gasteiger partial charge is 0.241 e. The van der Waals surface area contributed by atoms with E-state index in [0.717, 1.165) is 18.5 Å². The van der Waals surface area contributed by atoms with E-state index in [-0.39, 0.29) is 5.91 Å². The van der Waals surface area contributed by atoms with Gasteiger partial charge in [0, 0.05) is 20.3 Å². The standard InChI is InChI=1S/C13H22N4O/c1-4-5-6-10(14)13(18)16-11-9-15-8-7-12(11)17(2)3/h7-10H,4-6,14H2,1-3H3,(H,16,18)/t10-/m0/s1. The lowest BCUT2D eigenvalue weighted by Crippen LogP contribution is -2.35. The molecule has 0 unspecified atom stereocenters. The number of hydrogen-bond donors (Lipinski definition) is 2. The van der Waals surface area contributed by atoms with Gasteiger partial charge in [0.05, 0.1) is 23.6 Å². The second-order valence-electron chi connectivity index (χ2n) is 4.53. The summed E-state index contributed by atoms with van der Waals surface area (Å²) in [6.07, 6.45) is 6.04. The number of nitrogens with zero attached hydrogens (tertiary/aromatic N) is 2. The predicted molar refractivity (Wildman–Crippen MR) is 74.7 cm³/mol. The molecular weight excluding hydrogens is 228 g/mol. The quantitative estimate of drug-likeness (QED) is 0.804. The lowest BCUT2D eigenvalue weighted by atomic mass is 10.1. The molecule has 0 radical (unpaired) electrons. The molecule has 5 heteroatoms. The van der Waals surface area contributed by atoms with Gasteiger partial charge in [-0.25, -0.2) is 0 Å². The maximum atomic E-state index is 11.9. The zero-order valence-electron chi connectivity index (χ0n) is 11.3. The summed E-state index contributed by atoms with van der Waals surface area (Å²) in [5.41, 5.74) is 7.44. The van der Waals surface area contributed by atoms with Crippen molar-refractivity contribution in [3.05, 3.63) is 18.5 Å². The van der Waals surface area contributed by atoms with Crippen LogP contribution in [0.15, 0.2) is 18.5 Å². The highest BCUT2D eigenvalue weighted by atomic mass is 16.2. The van der Waals surface area contributed by atoms with Crippen LogP contribution in [0.5, 0.6) is 0 Å². The molecule has 0 saturated heterocycles. The molecule has 1 amide bonds. The fourth-order valence-electron chi connectivity index (χ4n) is 1.65. The van der Waals surface area contributed by atoms with Gasteiger partial charge in [-0.3, -0.25) is 9.78 Å². The first kappa shape index (κ1) is 14.4. The molecule has 18 heavy (non-hydrogen) atoms. The summed E-state index contributed by atoms with van der Waals surface area (Å²) >= 11 is 0. The Morgan fingerprint density at radius 2 is 2.28 bits per heavy atom. The van der Waals surface area contributed by atoms with Crippen LogP contribution in [0.25, 0.3) is 0 Å². The van der Waals surface area contributed by atoms with Crippen molar-refractivity contribution in [3.63, 3.8) is 0 Å². The summed E-state index contributed by atoms with van der Waals surface area (Å²) in [5.74, 6) is -0.153. The fraction of sp³-hybridized carbons (Fsp3) is 0.538. The highest BCUT2D eigenvalue weighted by Crippen LogP contribution is 2.22. The largest absolute Gasteiger partial charge is 0.376 e. The molecule has 1 aromatic heterocycles. The van der Waals surface area contributed by atoms with Crippen molar-refractivity contribution in [2.45, 2.75) is 32.2 Å². The third-order valence-electron chi connectivity index (χ3n) is 2.74. The minimum absolute atomic E-state index is 0.153. The zero-order valence-corrected chi connectivity index (χ0v) is 11.3. The number of amides is 1. The van der Waals surface area contributed by atoms with Crippen molar-refractivity contribution in [2.24, 2.45) is 5.73 Å². The molecule has 3 N–H and O–H groups in total. The Balaban J connectivity index is 2.69. The van der Waals surface area contributed by atoms with Crippen molar-refractivity contribution >= 4 is 17.3 Å². The first-order chi connectivity index (χ1) is 8.56. The van der Waals surface area contributed by atoms with Crippen LogP contribution >= 0.6 is 0 Å². The number of hydrogen-bond acceptors (Lipinski definition) is 4. The molecule has 5 nitrogen and oxygen atoms in total. The molecule has 100 valence electrons. The van der Waals surface area contributed by atoms with Crippen LogP contribution in [0.1, 0.15) is 26.2 Å². The number of pyridine rings is 1. The van der Waals surface area contributed by atoms with Gasteiger partial charge in [0.2, 0.25) is 5.91 Å². The lowest BCUT2D eigenvalue weighted by Gasteiger charge is -2.18. The van der Waals surface area contributed by atoms with Crippen LogP contribution < -0.4 is 16.0 Å². The molecule has 0 bridgehead atoms. The molecule has 1 rings (SSSR count). The number of aromatic nitrogens is 1. The van der Waals surface area contributed by atoms with Crippen molar-refractivity contribution < 1.29 is 4.79 Å². The Bertz CT molecular complexity index is 392. The molecule has 0 aromatic carbocycles. The number of nitrogens with one attached hydrogen (secondary N) is 1. The Morgan fingerprint density at radius 3 is 2.89 bits per heavy atom. The molecule has 0 aliphatic rings. The summed E-state index contributed by atoms with van der Waals surface area (Å²) < 4.78 is 0. The molecule has 1 aromatic rings. The maximum absolute atomic E-state index is 11.9. The number of rotatable bonds is 6. The minimum Gasteiger partial charge on any atom is -0.376 e. The predicted octanol–water partition coefficient (Wildman–Crippen LogP) is 1.60. The van der Waals surface area contributed by atoms with Gasteiger partial charge in [-0.2, -0.15) is 0 Å². The molecule has 1 heterocycles. The van der Waals surface area contributed by atoms with Crippen LogP contribution in [0.4, 0.5) is 11.4 Å². The number of carbonyl (C=O) groups excluding carboxylic acids is 1. The van der Waals surface area contributed by atoms with Crippen molar-refractivity contribution in [3.8, 4) is 0 Å². The summed E-state index contributed by atoms with van der Waals surface area (Å²) in [7, 11) is 3.84. The minimum atomic E-state index is -0.458. The number of carbonyl (C=O) groups is 1. The summed E-state index contributed by atoms with van der Waals surface area (Å²) in [5, 5.41) is 2.83. The fourth-order valence-corrected chi connectivity index (χ4v) is 1.65. The monoisotopic (exact) mass is 250 g/mol. The topological polar surface area (TPSA) is 71.2 Å². The van der Waals surface area contributed by atoms with Crippen molar-refractivity contribution in [1.82, 2.24) is 4.98 Å². The second kappa shape index (κ2) is 6.96. The summed E-state index contributed by atoms with van der Waals surface area (Å²) in [6.45, 7) is 2.08. The average molecular weight is 250 g/mol. The summed E-state index contributed by atoms with van der Waals surface area (Å²) in [6, 6.07) is 1.40. The van der Waals surface area contributed by atoms with Gasteiger partial charge in [-0.05, 0) is 12.5 Å². The molecule has 0 aliphatic carbocycles. The Labute approximate surface area is 108 Å². The van der Waals surface area contributed by atoms with E-state index in [1.54, 1.807) is 12.4 Å². The maximum Gasteiger partial charge on any atom is 0.241 e. The van der Waals surface area contributed by atoms with Crippen molar-refractivity contribution in [2.75, 3.05) is 24.3 Å². The third-order valence-corrected chi connectivity index (χ3v) is 2.74. The first-order valence-electron chi connectivity index (χ1n) is 6.24. The Hall–Kier alpha value is -1.62. The number of nitrogens with two attached hydrogens (primary N) is 1. The van der Waals surface area contributed by atoms with E-state index in [4.69, 9.17) is 5.73 Å². The van der Waals surface area contributed by atoms with E-state index in [0.29, 0.717) is 12.1 Å². The van der Waals surface area contributed by atoms with Gasteiger partial charge in [0.25, 0.3) is 0 Å². The van der Waals surface area contributed by atoms with Gasteiger partial charge in [0.15, 0.2) is 0 Å². The second-order valence-corrected chi connectivity index (χ2v) is 4.53. The van der Waals surface area contributed by atoms with Crippen LogP contribution in [-0.4, -0.2) is 31.0 Å². The SMILES string of the molecule is CCCC[C@H](N)C(=O)Nc1cnccc1N(C)C. The Morgan fingerprint density at radius 1 is 1.56 bits per heavy atom. The highest BCUT2D eigenvalue weighted by molar-refractivity contribution is 5.97.